The molecule has 0 aromatic carbocycles. The summed E-state index contributed by atoms with van der Waals surface area (Å²) in [6.07, 6.45) is -0.514. The fourth-order valence-corrected chi connectivity index (χ4v) is 2.74. The zero-order valence-corrected chi connectivity index (χ0v) is 14.2. The molecule has 2 heterocycles. The van der Waals surface area contributed by atoms with E-state index in [9.17, 15) is 9.59 Å². The van der Waals surface area contributed by atoms with E-state index in [2.05, 4.69) is 28.8 Å². The lowest BCUT2D eigenvalue weighted by atomic mass is 10.1. The monoisotopic (exact) mass is 312 g/mol. The first-order chi connectivity index (χ1) is 10.3. The quantitative estimate of drug-likeness (QED) is 0.684. The molecule has 0 unspecified atom stereocenters. The van der Waals surface area contributed by atoms with Crippen molar-refractivity contribution in [1.82, 2.24) is 19.6 Å². The maximum Gasteiger partial charge on any atom is 0.417 e. The van der Waals surface area contributed by atoms with Crippen molar-refractivity contribution in [3.63, 3.8) is 0 Å². The van der Waals surface area contributed by atoms with E-state index in [-0.39, 0.29) is 5.91 Å². The summed E-state index contributed by atoms with van der Waals surface area (Å²) >= 11 is 0. The van der Waals surface area contributed by atoms with Crippen molar-refractivity contribution in [2.24, 2.45) is 0 Å². The zero-order chi connectivity index (χ0) is 16.3. The van der Waals surface area contributed by atoms with Crippen LogP contribution in [0.1, 0.15) is 13.8 Å². The highest BCUT2D eigenvalue weighted by molar-refractivity contribution is 6.02. The highest BCUT2D eigenvalue weighted by atomic mass is 16.6. The van der Waals surface area contributed by atoms with Crippen LogP contribution in [-0.4, -0.2) is 104 Å². The molecule has 2 rings (SSSR count). The summed E-state index contributed by atoms with van der Waals surface area (Å²) in [6.45, 7) is 10.6. The van der Waals surface area contributed by atoms with Gasteiger partial charge in [-0.3, -0.25) is 14.6 Å². The van der Waals surface area contributed by atoms with E-state index in [1.165, 1.54) is 4.90 Å². The van der Waals surface area contributed by atoms with Crippen molar-refractivity contribution in [3.05, 3.63) is 0 Å². The molecule has 2 amide bonds. The Kier molecular flexibility index (Phi) is 5.41. The smallest absolute Gasteiger partial charge is 0.417 e. The number of cyclic esters (lactones) is 1. The predicted octanol–water partition coefficient (Wildman–Crippen LogP) is -0.0770. The first-order valence-corrected chi connectivity index (χ1v) is 7.94. The van der Waals surface area contributed by atoms with Crippen LogP contribution < -0.4 is 0 Å². The first-order valence-electron chi connectivity index (χ1n) is 7.94. The Hall–Kier alpha value is -1.18. The molecule has 2 fully saturated rings. The van der Waals surface area contributed by atoms with Gasteiger partial charge < -0.3 is 9.64 Å². The lowest BCUT2D eigenvalue weighted by Gasteiger charge is -2.35. The molecule has 7 heteroatoms. The molecule has 2 saturated heterocycles. The number of nitrogens with zero attached hydrogens (tertiary/aromatic N) is 4. The molecule has 22 heavy (non-hydrogen) atoms. The number of piperazine rings is 1. The summed E-state index contributed by atoms with van der Waals surface area (Å²) in [5.74, 6) is -0.234. The van der Waals surface area contributed by atoms with Gasteiger partial charge in [-0.2, -0.15) is 0 Å². The van der Waals surface area contributed by atoms with E-state index in [0.717, 1.165) is 45.8 Å². The molecule has 0 aliphatic carbocycles. The minimum absolute atomic E-state index is 0.234. The van der Waals surface area contributed by atoms with Crippen molar-refractivity contribution >= 4 is 12.0 Å². The second-order valence-electron chi connectivity index (χ2n) is 6.82. The topological polar surface area (TPSA) is 56.3 Å². The Bertz CT molecular complexity index is 417. The molecule has 0 atom stereocenters. The van der Waals surface area contributed by atoms with Gasteiger partial charge >= 0.3 is 6.09 Å². The normalized spacial score (nSPS) is 23.4. The molecule has 0 saturated carbocycles. The zero-order valence-electron chi connectivity index (χ0n) is 14.2. The largest absolute Gasteiger partial charge is 0.433 e. The molecule has 0 N–H and O–H groups in total. The number of likely N-dealkylation sites (N-methyl/N-ethyl adjacent to an activating group) is 1. The van der Waals surface area contributed by atoms with E-state index in [1.54, 1.807) is 13.8 Å². The summed E-state index contributed by atoms with van der Waals surface area (Å²) in [5, 5.41) is 0. The Morgan fingerprint density at radius 3 is 2.00 bits per heavy atom. The third-order valence-corrected chi connectivity index (χ3v) is 4.29. The molecular formula is C15H28N4O3. The van der Waals surface area contributed by atoms with Gasteiger partial charge in [-0.05, 0) is 27.9 Å². The Balaban J connectivity index is 1.71. The molecular weight excluding hydrogens is 284 g/mol. The van der Waals surface area contributed by atoms with Crippen LogP contribution >= 0.6 is 0 Å². The highest BCUT2D eigenvalue weighted by Crippen LogP contribution is 2.23. The van der Waals surface area contributed by atoms with E-state index < -0.39 is 11.7 Å². The van der Waals surface area contributed by atoms with E-state index in [4.69, 9.17) is 4.74 Å². The van der Waals surface area contributed by atoms with Gasteiger partial charge in [-0.15, -0.1) is 0 Å². The van der Waals surface area contributed by atoms with Crippen LogP contribution in [0.4, 0.5) is 4.79 Å². The lowest BCUT2D eigenvalue weighted by molar-refractivity contribution is -0.134. The summed E-state index contributed by atoms with van der Waals surface area (Å²) in [5.41, 5.74) is -1.01. The Morgan fingerprint density at radius 2 is 1.55 bits per heavy atom. The van der Waals surface area contributed by atoms with E-state index in [1.807, 2.05) is 0 Å². The van der Waals surface area contributed by atoms with Crippen LogP contribution in [0.25, 0.3) is 0 Å². The van der Waals surface area contributed by atoms with Crippen molar-refractivity contribution in [1.29, 1.82) is 0 Å². The van der Waals surface area contributed by atoms with Gasteiger partial charge in [-0.1, -0.05) is 0 Å². The molecule has 7 nitrogen and oxygen atoms in total. The van der Waals surface area contributed by atoms with Crippen molar-refractivity contribution in [2.45, 2.75) is 19.4 Å². The number of hydrogen-bond donors (Lipinski definition) is 0. The summed E-state index contributed by atoms with van der Waals surface area (Å²) in [7, 11) is 4.17. The second-order valence-corrected chi connectivity index (χ2v) is 6.82. The van der Waals surface area contributed by atoms with Crippen LogP contribution in [0.3, 0.4) is 0 Å². The highest BCUT2D eigenvalue weighted by Gasteiger charge is 2.46. The fraction of sp³-hybridized carbons (Fsp3) is 0.867. The Labute approximate surface area is 132 Å². The fourth-order valence-electron chi connectivity index (χ4n) is 2.74. The molecule has 2 aliphatic rings. The lowest BCUT2D eigenvalue weighted by Crippen LogP contribution is -2.50. The number of amides is 2. The van der Waals surface area contributed by atoms with Crippen LogP contribution in [-0.2, 0) is 9.53 Å². The Morgan fingerprint density at radius 1 is 1.00 bits per heavy atom. The minimum Gasteiger partial charge on any atom is -0.433 e. The van der Waals surface area contributed by atoms with Crippen LogP contribution in [0.2, 0.25) is 0 Å². The van der Waals surface area contributed by atoms with Crippen LogP contribution in [0.15, 0.2) is 0 Å². The predicted molar refractivity (Wildman–Crippen MR) is 83.7 cm³/mol. The number of imide groups is 1. The number of carbonyl (C=O) groups is 2. The van der Waals surface area contributed by atoms with Gasteiger partial charge in [-0.25, -0.2) is 9.69 Å². The molecule has 0 aromatic heterocycles. The van der Waals surface area contributed by atoms with Gasteiger partial charge in [0.15, 0.2) is 5.60 Å². The summed E-state index contributed by atoms with van der Waals surface area (Å²) < 4.78 is 5.09. The molecule has 0 aromatic rings. The van der Waals surface area contributed by atoms with Crippen molar-refractivity contribution < 1.29 is 14.3 Å². The van der Waals surface area contributed by atoms with Gasteiger partial charge in [0.25, 0.3) is 5.91 Å². The number of ether oxygens (including phenoxy) is 1. The number of carbonyl (C=O) groups excluding carboxylic acids is 2. The number of rotatable bonds is 6. The molecule has 0 bridgehead atoms. The third-order valence-electron chi connectivity index (χ3n) is 4.29. The van der Waals surface area contributed by atoms with Crippen molar-refractivity contribution in [2.75, 3.05) is 66.5 Å². The van der Waals surface area contributed by atoms with Crippen molar-refractivity contribution in [3.8, 4) is 0 Å². The third kappa shape index (κ3) is 4.18. The van der Waals surface area contributed by atoms with Gasteiger partial charge in [0.05, 0.1) is 0 Å². The van der Waals surface area contributed by atoms with E-state index in [0.29, 0.717) is 6.54 Å². The van der Waals surface area contributed by atoms with Gasteiger partial charge in [0, 0.05) is 52.4 Å². The molecule has 0 radical (unpaired) electrons. The van der Waals surface area contributed by atoms with Gasteiger partial charge in [0.2, 0.25) is 0 Å². The SMILES string of the molecule is CN(C)CCN1CCN(CCN2C(=O)OC(C)(C)C2=O)CC1. The maximum atomic E-state index is 12.1. The average Bonchev–Trinajstić information content (AvgIpc) is 2.64. The average molecular weight is 312 g/mol. The molecule has 0 spiro atoms. The number of hydrogen-bond acceptors (Lipinski definition) is 6. The molecule has 126 valence electrons. The van der Waals surface area contributed by atoms with Gasteiger partial charge in [0.1, 0.15) is 0 Å². The summed E-state index contributed by atoms with van der Waals surface area (Å²) in [6, 6.07) is 0. The molecule has 2 aliphatic heterocycles. The van der Waals surface area contributed by atoms with Crippen LogP contribution in [0.5, 0.6) is 0 Å². The maximum absolute atomic E-state index is 12.1. The summed E-state index contributed by atoms with van der Waals surface area (Å²) in [4.78, 5) is 32.0. The van der Waals surface area contributed by atoms with E-state index >= 15 is 0 Å². The first kappa shape index (κ1) is 17.2. The van der Waals surface area contributed by atoms with Crippen LogP contribution in [0, 0.1) is 0 Å². The second kappa shape index (κ2) is 6.93. The standard InChI is InChI=1S/C15H28N4O3/c1-15(2)13(20)19(14(21)22-15)12-11-18-9-7-17(8-10-18)6-5-16(3)4/h5-12H2,1-4H3. The minimum atomic E-state index is -1.01.